The number of para-hydroxylation sites is 1. The molecule has 2 aromatic rings. The summed E-state index contributed by atoms with van der Waals surface area (Å²) in [4.78, 5) is 18.3. The maximum absolute atomic E-state index is 11.8. The van der Waals surface area contributed by atoms with Crippen LogP contribution in [0.15, 0.2) is 30.3 Å². The van der Waals surface area contributed by atoms with Crippen molar-refractivity contribution in [2.45, 2.75) is 19.8 Å². The van der Waals surface area contributed by atoms with Crippen LogP contribution in [0.2, 0.25) is 0 Å². The number of hydrogen-bond acceptors (Lipinski definition) is 4. The molecule has 0 unspecified atom stereocenters. The highest BCUT2D eigenvalue weighted by Crippen LogP contribution is 2.23. The second-order valence-electron chi connectivity index (χ2n) is 5.79. The Bertz CT molecular complexity index is 687. The van der Waals surface area contributed by atoms with Crippen molar-refractivity contribution in [2.75, 3.05) is 38.2 Å². The van der Waals surface area contributed by atoms with E-state index in [2.05, 4.69) is 24.4 Å². The quantitative estimate of drug-likeness (QED) is 0.890. The molecule has 0 aliphatic carbocycles. The summed E-state index contributed by atoms with van der Waals surface area (Å²) in [6.07, 6.45) is 2.05. The van der Waals surface area contributed by atoms with Gasteiger partial charge in [0.15, 0.2) is 0 Å². The van der Waals surface area contributed by atoms with E-state index in [-0.39, 0.29) is 12.5 Å². The molecule has 1 saturated heterocycles. The average molecular weight is 313 g/mol. The molecule has 2 heterocycles. The molecule has 1 aliphatic heterocycles. The van der Waals surface area contributed by atoms with Gasteiger partial charge in [0.2, 0.25) is 5.91 Å². The molecular formula is C18H23N3O2. The minimum Gasteiger partial charge on any atom is -0.383 e. The maximum Gasteiger partial charge on any atom is 0.248 e. The molecule has 0 saturated carbocycles. The van der Waals surface area contributed by atoms with Gasteiger partial charge in [-0.2, -0.15) is 0 Å². The summed E-state index contributed by atoms with van der Waals surface area (Å²) in [5.41, 5.74) is 3.22. The standard InChI is InChI=1S/C18H23N3O2/c1-2-5-14-12-17(15-6-3-4-7-16(15)20-14)19-8-9-21-10-11-23-13-18(21)22/h3-4,6-7,12H,2,5,8-11,13H2,1H3,(H,19,20). The largest absolute Gasteiger partial charge is 0.383 e. The number of nitrogens with one attached hydrogen (secondary N) is 1. The van der Waals surface area contributed by atoms with Gasteiger partial charge >= 0.3 is 0 Å². The highest BCUT2D eigenvalue weighted by molar-refractivity contribution is 5.91. The van der Waals surface area contributed by atoms with Crippen LogP contribution in [-0.4, -0.2) is 48.6 Å². The molecule has 1 aliphatic rings. The normalized spacial score (nSPS) is 15.2. The predicted octanol–water partition coefficient (Wildman–Crippen LogP) is 2.46. The molecule has 1 N–H and O–H groups in total. The topological polar surface area (TPSA) is 54.5 Å². The lowest BCUT2D eigenvalue weighted by molar-refractivity contribution is -0.142. The Hall–Kier alpha value is -2.14. The van der Waals surface area contributed by atoms with Crippen LogP contribution in [0.25, 0.3) is 10.9 Å². The Labute approximate surface area is 136 Å². The number of aryl methyl sites for hydroxylation is 1. The Kier molecular flexibility index (Phi) is 5.08. The van der Waals surface area contributed by atoms with Crippen molar-refractivity contribution < 1.29 is 9.53 Å². The van der Waals surface area contributed by atoms with E-state index in [0.29, 0.717) is 19.7 Å². The lowest BCUT2D eigenvalue weighted by Crippen LogP contribution is -2.43. The summed E-state index contributed by atoms with van der Waals surface area (Å²) in [5, 5.41) is 4.61. The number of aromatic nitrogens is 1. The Balaban J connectivity index is 1.72. The van der Waals surface area contributed by atoms with Crippen LogP contribution in [-0.2, 0) is 16.0 Å². The van der Waals surface area contributed by atoms with Gasteiger partial charge in [0.25, 0.3) is 0 Å². The first kappa shape index (κ1) is 15.7. The highest BCUT2D eigenvalue weighted by atomic mass is 16.5. The molecule has 0 radical (unpaired) electrons. The molecule has 122 valence electrons. The van der Waals surface area contributed by atoms with E-state index in [9.17, 15) is 4.79 Å². The molecule has 1 amide bonds. The van der Waals surface area contributed by atoms with Crippen molar-refractivity contribution in [1.29, 1.82) is 0 Å². The van der Waals surface area contributed by atoms with Crippen LogP contribution in [0.4, 0.5) is 5.69 Å². The first-order valence-corrected chi connectivity index (χ1v) is 8.26. The molecule has 0 bridgehead atoms. The number of carbonyl (C=O) groups is 1. The van der Waals surface area contributed by atoms with Crippen LogP contribution < -0.4 is 5.32 Å². The zero-order valence-corrected chi connectivity index (χ0v) is 13.5. The number of nitrogens with zero attached hydrogens (tertiary/aromatic N) is 2. The lowest BCUT2D eigenvalue weighted by atomic mass is 10.1. The monoisotopic (exact) mass is 313 g/mol. The third kappa shape index (κ3) is 3.79. The molecule has 0 atom stereocenters. The number of amides is 1. The first-order valence-electron chi connectivity index (χ1n) is 8.26. The first-order chi connectivity index (χ1) is 11.3. The molecule has 1 aromatic carbocycles. The van der Waals surface area contributed by atoms with Gasteiger partial charge in [-0.15, -0.1) is 0 Å². The summed E-state index contributed by atoms with van der Waals surface area (Å²) in [6.45, 7) is 5.10. The fourth-order valence-corrected chi connectivity index (χ4v) is 2.87. The number of morpholine rings is 1. The van der Waals surface area contributed by atoms with E-state index in [1.165, 1.54) is 0 Å². The van der Waals surface area contributed by atoms with E-state index in [1.807, 2.05) is 23.1 Å². The van der Waals surface area contributed by atoms with E-state index < -0.39 is 0 Å². The van der Waals surface area contributed by atoms with Gasteiger partial charge in [-0.05, 0) is 18.6 Å². The maximum atomic E-state index is 11.8. The van der Waals surface area contributed by atoms with E-state index in [1.54, 1.807) is 0 Å². The van der Waals surface area contributed by atoms with Gasteiger partial charge in [-0.25, -0.2) is 0 Å². The third-order valence-corrected chi connectivity index (χ3v) is 4.06. The van der Waals surface area contributed by atoms with Crippen LogP contribution in [0.3, 0.4) is 0 Å². The van der Waals surface area contributed by atoms with E-state index in [4.69, 9.17) is 9.72 Å². The van der Waals surface area contributed by atoms with Crippen molar-refractivity contribution in [2.24, 2.45) is 0 Å². The minimum atomic E-state index is 0.0734. The molecule has 0 spiro atoms. The Morgan fingerprint density at radius 2 is 2.22 bits per heavy atom. The zero-order valence-electron chi connectivity index (χ0n) is 13.5. The van der Waals surface area contributed by atoms with Crippen molar-refractivity contribution in [3.8, 4) is 0 Å². The van der Waals surface area contributed by atoms with Gasteiger partial charge in [0.05, 0.1) is 12.1 Å². The number of anilines is 1. The fourth-order valence-electron chi connectivity index (χ4n) is 2.87. The number of rotatable bonds is 6. The summed E-state index contributed by atoms with van der Waals surface area (Å²) in [6, 6.07) is 10.3. The van der Waals surface area contributed by atoms with Crippen molar-refractivity contribution in [3.63, 3.8) is 0 Å². The number of pyridine rings is 1. The number of ether oxygens (including phenoxy) is 1. The van der Waals surface area contributed by atoms with E-state index in [0.717, 1.165) is 41.7 Å². The Morgan fingerprint density at radius 3 is 3.04 bits per heavy atom. The molecule has 5 heteroatoms. The molecular weight excluding hydrogens is 290 g/mol. The Morgan fingerprint density at radius 1 is 1.35 bits per heavy atom. The van der Waals surface area contributed by atoms with Gasteiger partial charge < -0.3 is 15.0 Å². The second-order valence-corrected chi connectivity index (χ2v) is 5.79. The van der Waals surface area contributed by atoms with Gasteiger partial charge in [0.1, 0.15) is 6.61 Å². The lowest BCUT2D eigenvalue weighted by Gasteiger charge is -2.27. The van der Waals surface area contributed by atoms with Crippen molar-refractivity contribution in [1.82, 2.24) is 9.88 Å². The molecule has 23 heavy (non-hydrogen) atoms. The molecule has 1 aromatic heterocycles. The number of hydrogen-bond donors (Lipinski definition) is 1. The van der Waals surface area contributed by atoms with Crippen molar-refractivity contribution in [3.05, 3.63) is 36.0 Å². The third-order valence-electron chi connectivity index (χ3n) is 4.06. The van der Waals surface area contributed by atoms with Crippen LogP contribution in [0, 0.1) is 0 Å². The smallest absolute Gasteiger partial charge is 0.248 e. The number of benzene rings is 1. The molecule has 5 nitrogen and oxygen atoms in total. The van der Waals surface area contributed by atoms with E-state index >= 15 is 0 Å². The molecule has 3 rings (SSSR count). The second kappa shape index (κ2) is 7.42. The summed E-state index contributed by atoms with van der Waals surface area (Å²) < 4.78 is 5.16. The van der Waals surface area contributed by atoms with Gasteiger partial charge in [-0.3, -0.25) is 9.78 Å². The van der Waals surface area contributed by atoms with Crippen LogP contribution >= 0.6 is 0 Å². The number of fused-ring (bicyclic) bond motifs is 1. The summed E-state index contributed by atoms with van der Waals surface area (Å²) >= 11 is 0. The SMILES string of the molecule is CCCc1cc(NCCN2CCOCC2=O)c2ccccc2n1. The van der Waals surface area contributed by atoms with Gasteiger partial charge in [0, 0.05) is 36.4 Å². The predicted molar refractivity (Wildman–Crippen MR) is 91.6 cm³/mol. The number of carbonyl (C=O) groups excluding carboxylic acids is 1. The summed E-state index contributed by atoms with van der Waals surface area (Å²) in [5.74, 6) is 0.0734. The minimum absolute atomic E-state index is 0.0734. The summed E-state index contributed by atoms with van der Waals surface area (Å²) in [7, 11) is 0. The zero-order chi connectivity index (χ0) is 16.1. The molecule has 1 fully saturated rings. The van der Waals surface area contributed by atoms with Crippen molar-refractivity contribution >= 4 is 22.5 Å². The van der Waals surface area contributed by atoms with Crippen LogP contribution in [0.1, 0.15) is 19.0 Å². The average Bonchev–Trinajstić information content (AvgIpc) is 2.57. The fraction of sp³-hybridized carbons (Fsp3) is 0.444. The van der Waals surface area contributed by atoms with Gasteiger partial charge in [-0.1, -0.05) is 31.5 Å². The highest BCUT2D eigenvalue weighted by Gasteiger charge is 2.17. The van der Waals surface area contributed by atoms with Crippen LogP contribution in [0.5, 0.6) is 0 Å².